The highest BCUT2D eigenvalue weighted by Gasteiger charge is 2.18. The van der Waals surface area contributed by atoms with E-state index in [0.717, 1.165) is 0 Å². The second kappa shape index (κ2) is 16.3. The molecule has 6 aromatic carbocycles. The van der Waals surface area contributed by atoms with Crippen molar-refractivity contribution in [1.29, 1.82) is 0 Å². The van der Waals surface area contributed by atoms with Gasteiger partial charge in [-0.15, -0.1) is 0 Å². The predicted molar refractivity (Wildman–Crippen MR) is 207 cm³/mol. The molecular formula is C44H50N2O4. The molecule has 0 radical (unpaired) electrons. The first-order valence-corrected chi connectivity index (χ1v) is 17.5. The maximum Gasteiger partial charge on any atom is 0.307 e. The minimum atomic E-state index is -0.472. The van der Waals surface area contributed by atoms with Gasteiger partial charge < -0.3 is 20.1 Å². The number of ether oxygens (including phenoxy) is 2. The fourth-order valence-corrected chi connectivity index (χ4v) is 6.17. The van der Waals surface area contributed by atoms with Crippen LogP contribution < -0.4 is 10.6 Å². The number of carbonyl (C=O) groups is 2. The largest absolute Gasteiger partial charge is 0.460 e. The Bertz CT molecular complexity index is 1830. The van der Waals surface area contributed by atoms with Crippen LogP contribution in [0.2, 0.25) is 0 Å². The third kappa shape index (κ3) is 10.1. The first-order valence-electron chi connectivity index (χ1n) is 17.5. The van der Waals surface area contributed by atoms with Gasteiger partial charge in [-0.2, -0.15) is 0 Å². The third-order valence-corrected chi connectivity index (χ3v) is 8.22. The molecule has 0 atom stereocenters. The van der Waals surface area contributed by atoms with Crippen LogP contribution >= 0.6 is 0 Å². The summed E-state index contributed by atoms with van der Waals surface area (Å²) in [5.74, 6) is -0.393. The molecule has 2 N–H and O–H groups in total. The lowest BCUT2D eigenvalue weighted by molar-refractivity contribution is -0.155. The van der Waals surface area contributed by atoms with E-state index in [1.54, 1.807) is 0 Å². The van der Waals surface area contributed by atoms with Crippen LogP contribution in [0.3, 0.4) is 0 Å². The van der Waals surface area contributed by atoms with Crippen LogP contribution in [-0.4, -0.2) is 36.2 Å². The summed E-state index contributed by atoms with van der Waals surface area (Å²) in [4.78, 5) is 24.2. The van der Waals surface area contributed by atoms with E-state index in [2.05, 4.69) is 120 Å². The van der Waals surface area contributed by atoms with Crippen LogP contribution in [-0.2, 0) is 32.2 Å². The number of nitrogens with one attached hydrogen (secondary N) is 2. The molecule has 6 aromatic rings. The zero-order chi connectivity index (χ0) is 35.7. The van der Waals surface area contributed by atoms with Crippen molar-refractivity contribution < 1.29 is 19.1 Å². The molecule has 0 saturated carbocycles. The summed E-state index contributed by atoms with van der Waals surface area (Å²) in [6, 6.07) is 38.2. The Morgan fingerprint density at radius 2 is 0.760 bits per heavy atom. The fourth-order valence-electron chi connectivity index (χ4n) is 6.17. The van der Waals surface area contributed by atoms with E-state index in [1.165, 1.54) is 54.2 Å². The lowest BCUT2D eigenvalue weighted by Gasteiger charge is -2.20. The molecule has 0 aliphatic rings. The van der Waals surface area contributed by atoms with Gasteiger partial charge in [0.05, 0.1) is 12.8 Å². The van der Waals surface area contributed by atoms with Crippen molar-refractivity contribution in [2.45, 2.75) is 78.7 Å². The maximum atomic E-state index is 12.1. The quantitative estimate of drug-likeness (QED) is 0.0859. The minimum Gasteiger partial charge on any atom is -0.460 e. The Morgan fingerprint density at radius 1 is 0.480 bits per heavy atom. The van der Waals surface area contributed by atoms with E-state index in [-0.39, 0.29) is 11.9 Å². The summed E-state index contributed by atoms with van der Waals surface area (Å²) in [5, 5.41) is 16.9. The van der Waals surface area contributed by atoms with Crippen molar-refractivity contribution in [2.75, 3.05) is 13.1 Å². The van der Waals surface area contributed by atoms with Crippen LogP contribution in [0.15, 0.2) is 109 Å². The average Bonchev–Trinajstić information content (AvgIpc) is 3.06. The highest BCUT2D eigenvalue weighted by Crippen LogP contribution is 2.33. The van der Waals surface area contributed by atoms with E-state index in [0.29, 0.717) is 39.0 Å². The Hall–Kier alpha value is -4.78. The Labute approximate surface area is 296 Å². The smallest absolute Gasteiger partial charge is 0.307 e. The molecule has 260 valence electrons. The van der Waals surface area contributed by atoms with Crippen LogP contribution in [0.4, 0.5) is 0 Å². The van der Waals surface area contributed by atoms with Crippen molar-refractivity contribution in [3.63, 3.8) is 0 Å². The topological polar surface area (TPSA) is 76.7 Å². The van der Waals surface area contributed by atoms with Crippen molar-refractivity contribution in [3.05, 3.63) is 120 Å². The summed E-state index contributed by atoms with van der Waals surface area (Å²) >= 11 is 0. The second-order valence-corrected chi connectivity index (χ2v) is 14.6. The predicted octanol–water partition coefficient (Wildman–Crippen LogP) is 9.63. The molecule has 0 spiro atoms. The summed E-state index contributed by atoms with van der Waals surface area (Å²) in [7, 11) is 0. The number of hydrogen-bond acceptors (Lipinski definition) is 6. The number of rotatable bonds is 10. The molecule has 0 aliphatic carbocycles. The SMILES string of the molecule is CC(C)(C)OC(=O)CCNCc1c2ccccc2c(CNCCC(=O)OC(C)(C)C)c2ccccc12.c1ccc2cc3ccccc3cc2c1. The first-order chi connectivity index (χ1) is 23.9. The summed E-state index contributed by atoms with van der Waals surface area (Å²) in [6.07, 6.45) is 0.652. The first kappa shape index (κ1) is 36.5. The minimum absolute atomic E-state index is 0.197. The van der Waals surface area contributed by atoms with Gasteiger partial charge in [-0.1, -0.05) is 97.1 Å². The zero-order valence-corrected chi connectivity index (χ0v) is 30.3. The van der Waals surface area contributed by atoms with Gasteiger partial charge in [-0.3, -0.25) is 9.59 Å². The molecule has 6 nitrogen and oxygen atoms in total. The maximum absolute atomic E-state index is 12.1. The Kier molecular flexibility index (Phi) is 11.9. The lowest BCUT2D eigenvalue weighted by atomic mass is 9.91. The normalized spacial score (nSPS) is 11.8. The number of hydrogen-bond donors (Lipinski definition) is 2. The fraction of sp³-hybridized carbons (Fsp3) is 0.318. The molecule has 6 rings (SSSR count). The van der Waals surface area contributed by atoms with Gasteiger partial charge in [0.25, 0.3) is 0 Å². The van der Waals surface area contributed by atoms with Gasteiger partial charge in [0.2, 0.25) is 0 Å². The van der Waals surface area contributed by atoms with Crippen molar-refractivity contribution in [1.82, 2.24) is 10.6 Å². The van der Waals surface area contributed by atoms with E-state index in [9.17, 15) is 9.59 Å². The molecule has 0 amide bonds. The summed E-state index contributed by atoms with van der Waals surface area (Å²) in [6.45, 7) is 13.7. The van der Waals surface area contributed by atoms with E-state index >= 15 is 0 Å². The molecule has 0 saturated heterocycles. The van der Waals surface area contributed by atoms with Crippen LogP contribution in [0.5, 0.6) is 0 Å². The Balaban J connectivity index is 0.000000284. The van der Waals surface area contributed by atoms with Crippen molar-refractivity contribution >= 4 is 55.0 Å². The molecule has 50 heavy (non-hydrogen) atoms. The molecular weight excluding hydrogens is 620 g/mol. The highest BCUT2D eigenvalue weighted by atomic mass is 16.6. The molecule has 0 unspecified atom stereocenters. The van der Waals surface area contributed by atoms with E-state index in [4.69, 9.17) is 9.47 Å². The number of benzene rings is 6. The Morgan fingerprint density at radius 3 is 1.04 bits per heavy atom. The van der Waals surface area contributed by atoms with Gasteiger partial charge in [0, 0.05) is 26.2 Å². The average molecular weight is 671 g/mol. The zero-order valence-electron chi connectivity index (χ0n) is 30.3. The monoisotopic (exact) mass is 670 g/mol. The van der Waals surface area contributed by atoms with E-state index < -0.39 is 11.2 Å². The molecule has 0 heterocycles. The molecule has 0 aliphatic heterocycles. The van der Waals surface area contributed by atoms with Gasteiger partial charge in [-0.05, 0) is 108 Å². The van der Waals surface area contributed by atoms with E-state index in [1.807, 2.05) is 41.5 Å². The molecule has 0 fully saturated rings. The van der Waals surface area contributed by atoms with Crippen LogP contribution in [0.25, 0.3) is 43.1 Å². The number of esters is 2. The van der Waals surface area contributed by atoms with Gasteiger partial charge in [0.15, 0.2) is 0 Å². The number of fused-ring (bicyclic) bond motifs is 4. The van der Waals surface area contributed by atoms with Crippen molar-refractivity contribution in [2.24, 2.45) is 0 Å². The standard InChI is InChI=1S/C30H40N2O4.C14H10/c1-29(2,3)35-27(33)15-17-31-19-25-21-11-7-9-13-23(21)26(24-14-10-8-12-22(24)25)20-32-18-16-28(34)36-30(4,5)6;1-2-6-12-10-14-8-4-3-7-13(14)9-11(12)5-1/h7-14,31-32H,15-20H2,1-6H3;1-10H. The van der Waals surface area contributed by atoms with Crippen molar-refractivity contribution in [3.8, 4) is 0 Å². The molecule has 6 heteroatoms. The van der Waals surface area contributed by atoms with Crippen LogP contribution in [0.1, 0.15) is 65.5 Å². The van der Waals surface area contributed by atoms with Gasteiger partial charge >= 0.3 is 11.9 Å². The third-order valence-electron chi connectivity index (χ3n) is 8.22. The lowest BCUT2D eigenvalue weighted by Crippen LogP contribution is -2.27. The van der Waals surface area contributed by atoms with Gasteiger partial charge in [-0.25, -0.2) is 0 Å². The summed E-state index contributed by atoms with van der Waals surface area (Å²) < 4.78 is 10.8. The highest BCUT2D eigenvalue weighted by molar-refractivity contribution is 6.06. The second-order valence-electron chi connectivity index (χ2n) is 14.6. The van der Waals surface area contributed by atoms with Gasteiger partial charge in [0.1, 0.15) is 11.2 Å². The number of carbonyl (C=O) groups excluding carboxylic acids is 2. The van der Waals surface area contributed by atoms with Crippen LogP contribution in [0, 0.1) is 0 Å². The molecule has 0 aromatic heterocycles. The summed E-state index contributed by atoms with van der Waals surface area (Å²) in [5.41, 5.74) is 1.48. The molecule has 0 bridgehead atoms.